The van der Waals surface area contributed by atoms with Crippen LogP contribution in [0, 0.1) is 5.41 Å². The van der Waals surface area contributed by atoms with Crippen LogP contribution in [0.25, 0.3) is 0 Å². The van der Waals surface area contributed by atoms with Gasteiger partial charge in [-0.3, -0.25) is 4.90 Å². The minimum absolute atomic E-state index is 0.457. The minimum atomic E-state index is 0.457. The summed E-state index contributed by atoms with van der Waals surface area (Å²) < 4.78 is 5.53. The Labute approximate surface area is 111 Å². The number of piperidine rings is 2. The molecule has 3 aliphatic heterocycles. The third-order valence-corrected chi connectivity index (χ3v) is 5.43. The van der Waals surface area contributed by atoms with Gasteiger partial charge < -0.3 is 10.5 Å². The summed E-state index contributed by atoms with van der Waals surface area (Å²) in [5.74, 6) is 0. The van der Waals surface area contributed by atoms with Crippen molar-refractivity contribution in [1.29, 1.82) is 0 Å². The van der Waals surface area contributed by atoms with Crippen molar-refractivity contribution in [3.8, 4) is 0 Å². The van der Waals surface area contributed by atoms with Gasteiger partial charge in [-0.1, -0.05) is 13.3 Å². The van der Waals surface area contributed by atoms with Crippen LogP contribution in [0.15, 0.2) is 0 Å². The van der Waals surface area contributed by atoms with Crippen molar-refractivity contribution >= 4 is 0 Å². The number of nitrogens with zero attached hydrogens (tertiary/aromatic N) is 1. The molecule has 0 saturated carbocycles. The lowest BCUT2D eigenvalue weighted by molar-refractivity contribution is -0.0414. The SMILES string of the molecule is CC1(CN2C3CCCC2CC(N)C3)CCOCC1. The highest BCUT2D eigenvalue weighted by atomic mass is 16.5. The lowest BCUT2D eigenvalue weighted by Gasteiger charge is -2.51. The highest BCUT2D eigenvalue weighted by Gasteiger charge is 2.40. The van der Waals surface area contributed by atoms with Gasteiger partial charge >= 0.3 is 0 Å². The van der Waals surface area contributed by atoms with E-state index in [9.17, 15) is 0 Å². The van der Waals surface area contributed by atoms with Crippen molar-refractivity contribution in [3.05, 3.63) is 0 Å². The van der Waals surface area contributed by atoms with Crippen molar-refractivity contribution < 1.29 is 4.74 Å². The van der Waals surface area contributed by atoms with Gasteiger partial charge in [-0.05, 0) is 43.9 Å². The molecule has 0 amide bonds. The normalized spacial score (nSPS) is 40.7. The summed E-state index contributed by atoms with van der Waals surface area (Å²) >= 11 is 0. The van der Waals surface area contributed by atoms with Crippen LogP contribution >= 0.6 is 0 Å². The summed E-state index contributed by atoms with van der Waals surface area (Å²) in [5.41, 5.74) is 6.69. The van der Waals surface area contributed by atoms with E-state index in [0.717, 1.165) is 25.3 Å². The third-order valence-electron chi connectivity index (χ3n) is 5.43. The van der Waals surface area contributed by atoms with Gasteiger partial charge in [0.25, 0.3) is 0 Å². The van der Waals surface area contributed by atoms with E-state index in [-0.39, 0.29) is 0 Å². The Morgan fingerprint density at radius 1 is 1.17 bits per heavy atom. The first-order valence-electron chi connectivity index (χ1n) is 7.75. The predicted molar refractivity (Wildman–Crippen MR) is 73.5 cm³/mol. The zero-order chi connectivity index (χ0) is 12.6. The summed E-state index contributed by atoms with van der Waals surface area (Å²) in [6.07, 6.45) is 9.07. The molecule has 0 aromatic heterocycles. The van der Waals surface area contributed by atoms with Crippen LogP contribution in [-0.4, -0.2) is 42.8 Å². The highest BCUT2D eigenvalue weighted by molar-refractivity contribution is 4.96. The maximum atomic E-state index is 6.21. The van der Waals surface area contributed by atoms with Crippen LogP contribution in [0.5, 0.6) is 0 Å². The van der Waals surface area contributed by atoms with E-state index in [0.29, 0.717) is 11.5 Å². The molecule has 0 radical (unpaired) electrons. The standard InChI is InChI=1S/C15H28N2O/c1-15(5-7-18-8-6-15)11-17-13-3-2-4-14(17)10-12(16)9-13/h12-14H,2-11,16H2,1H3. The first-order chi connectivity index (χ1) is 8.66. The highest BCUT2D eigenvalue weighted by Crippen LogP contribution is 2.38. The van der Waals surface area contributed by atoms with Gasteiger partial charge in [-0.2, -0.15) is 0 Å². The van der Waals surface area contributed by atoms with Gasteiger partial charge in [0.15, 0.2) is 0 Å². The topological polar surface area (TPSA) is 38.5 Å². The van der Waals surface area contributed by atoms with Crippen molar-refractivity contribution in [2.24, 2.45) is 11.1 Å². The second-order valence-electron chi connectivity index (χ2n) is 7.07. The lowest BCUT2D eigenvalue weighted by Crippen LogP contribution is -2.58. The summed E-state index contributed by atoms with van der Waals surface area (Å²) in [5, 5.41) is 0. The van der Waals surface area contributed by atoms with Crippen molar-refractivity contribution in [1.82, 2.24) is 4.90 Å². The zero-order valence-corrected chi connectivity index (χ0v) is 11.7. The van der Waals surface area contributed by atoms with Crippen molar-refractivity contribution in [2.45, 2.75) is 70.0 Å². The summed E-state index contributed by atoms with van der Waals surface area (Å²) in [6.45, 7) is 5.65. The van der Waals surface area contributed by atoms with Gasteiger partial charge in [0, 0.05) is 37.9 Å². The predicted octanol–water partition coefficient (Wildman–Crippen LogP) is 2.15. The van der Waals surface area contributed by atoms with Crippen LogP contribution in [-0.2, 0) is 4.74 Å². The molecule has 18 heavy (non-hydrogen) atoms. The number of rotatable bonds is 2. The molecule has 3 heteroatoms. The Balaban J connectivity index is 1.67. The van der Waals surface area contributed by atoms with Crippen LogP contribution < -0.4 is 5.73 Å². The Kier molecular flexibility index (Phi) is 3.65. The van der Waals surface area contributed by atoms with E-state index in [2.05, 4.69) is 11.8 Å². The minimum Gasteiger partial charge on any atom is -0.381 e. The molecule has 2 bridgehead atoms. The first kappa shape index (κ1) is 12.9. The number of hydrogen-bond acceptors (Lipinski definition) is 3. The Hall–Kier alpha value is -0.120. The van der Waals surface area contributed by atoms with Gasteiger partial charge in [0.2, 0.25) is 0 Å². The molecule has 0 aromatic rings. The quantitative estimate of drug-likeness (QED) is 0.818. The average Bonchev–Trinajstić information content (AvgIpc) is 2.31. The molecule has 3 saturated heterocycles. The molecule has 0 aliphatic carbocycles. The average molecular weight is 252 g/mol. The van der Waals surface area contributed by atoms with E-state index in [1.165, 1.54) is 51.5 Å². The van der Waals surface area contributed by atoms with Crippen molar-refractivity contribution in [2.75, 3.05) is 19.8 Å². The number of fused-ring (bicyclic) bond motifs is 2. The molecule has 0 aromatic carbocycles. The number of hydrogen-bond donors (Lipinski definition) is 1. The summed E-state index contributed by atoms with van der Waals surface area (Å²) in [4.78, 5) is 2.82. The maximum Gasteiger partial charge on any atom is 0.0471 e. The lowest BCUT2D eigenvalue weighted by atomic mass is 9.77. The molecule has 3 aliphatic rings. The fourth-order valence-corrected chi connectivity index (χ4v) is 4.24. The van der Waals surface area contributed by atoms with Gasteiger partial charge in [-0.25, -0.2) is 0 Å². The second kappa shape index (κ2) is 5.10. The van der Waals surface area contributed by atoms with Gasteiger partial charge in [0.1, 0.15) is 0 Å². The van der Waals surface area contributed by atoms with Crippen molar-refractivity contribution in [3.63, 3.8) is 0 Å². The van der Waals surface area contributed by atoms with Gasteiger partial charge in [-0.15, -0.1) is 0 Å². The molecule has 2 N–H and O–H groups in total. The Bertz CT molecular complexity index is 274. The van der Waals surface area contributed by atoms with Crippen LogP contribution in [0.2, 0.25) is 0 Å². The molecule has 0 spiro atoms. The van der Waals surface area contributed by atoms with E-state index in [4.69, 9.17) is 10.5 Å². The van der Waals surface area contributed by atoms with Crippen LogP contribution in [0.4, 0.5) is 0 Å². The van der Waals surface area contributed by atoms with E-state index in [1.54, 1.807) is 0 Å². The second-order valence-corrected chi connectivity index (χ2v) is 7.07. The van der Waals surface area contributed by atoms with E-state index >= 15 is 0 Å². The fourth-order valence-electron chi connectivity index (χ4n) is 4.24. The molecule has 3 rings (SSSR count). The van der Waals surface area contributed by atoms with E-state index < -0.39 is 0 Å². The Morgan fingerprint density at radius 2 is 1.78 bits per heavy atom. The zero-order valence-electron chi connectivity index (χ0n) is 11.7. The molecule has 3 nitrogen and oxygen atoms in total. The number of nitrogens with two attached hydrogens (primary N) is 1. The molecular formula is C15H28N2O. The molecule has 2 atom stereocenters. The molecular weight excluding hydrogens is 224 g/mol. The Morgan fingerprint density at radius 3 is 2.39 bits per heavy atom. The third kappa shape index (κ3) is 2.59. The molecule has 2 unspecified atom stereocenters. The monoisotopic (exact) mass is 252 g/mol. The fraction of sp³-hybridized carbons (Fsp3) is 1.00. The van der Waals surface area contributed by atoms with Gasteiger partial charge in [0.05, 0.1) is 0 Å². The van der Waals surface area contributed by atoms with Crippen LogP contribution in [0.3, 0.4) is 0 Å². The van der Waals surface area contributed by atoms with E-state index in [1.807, 2.05) is 0 Å². The molecule has 3 fully saturated rings. The molecule has 3 heterocycles. The molecule has 104 valence electrons. The van der Waals surface area contributed by atoms with Crippen LogP contribution in [0.1, 0.15) is 51.9 Å². The first-order valence-corrected chi connectivity index (χ1v) is 7.75. The largest absolute Gasteiger partial charge is 0.381 e. The maximum absolute atomic E-state index is 6.21. The summed E-state index contributed by atoms with van der Waals surface area (Å²) in [7, 11) is 0. The smallest absolute Gasteiger partial charge is 0.0471 e. The summed E-state index contributed by atoms with van der Waals surface area (Å²) in [6, 6.07) is 2.00. The number of ether oxygens (including phenoxy) is 1.